The lowest BCUT2D eigenvalue weighted by molar-refractivity contribution is -0.134. The number of carbonyl (C=O) groups is 3. The van der Waals surface area contributed by atoms with Crippen molar-refractivity contribution in [1.29, 1.82) is 0 Å². The number of benzene rings is 1. The Kier molecular flexibility index (Phi) is 5.83. The molecule has 2 aliphatic heterocycles. The first-order chi connectivity index (χ1) is 12.9. The van der Waals surface area contributed by atoms with Gasteiger partial charge in [0.1, 0.15) is 11.9 Å². The van der Waals surface area contributed by atoms with E-state index >= 15 is 0 Å². The van der Waals surface area contributed by atoms with Gasteiger partial charge in [-0.15, -0.1) is 0 Å². The van der Waals surface area contributed by atoms with E-state index in [2.05, 4.69) is 15.8 Å². The van der Waals surface area contributed by atoms with Gasteiger partial charge in [0.05, 0.1) is 13.0 Å². The van der Waals surface area contributed by atoms with Gasteiger partial charge >= 0.3 is 0 Å². The van der Waals surface area contributed by atoms with Gasteiger partial charge in [-0.1, -0.05) is 29.8 Å². The molecule has 7 nitrogen and oxygen atoms in total. The number of nitrogens with one attached hydrogen (secondary N) is 2. The van der Waals surface area contributed by atoms with Crippen LogP contribution in [0.5, 0.6) is 0 Å². The third-order valence-electron chi connectivity index (χ3n) is 4.69. The molecule has 0 aromatic heterocycles. The fraction of sp³-hybridized carbons (Fsp3) is 0.474. The fourth-order valence-electron chi connectivity index (χ4n) is 3.36. The first kappa shape index (κ1) is 19.0. The molecule has 0 spiro atoms. The van der Waals surface area contributed by atoms with E-state index in [1.54, 1.807) is 0 Å². The summed E-state index contributed by atoms with van der Waals surface area (Å²) in [7, 11) is 0. The van der Waals surface area contributed by atoms with Crippen molar-refractivity contribution in [3.63, 3.8) is 0 Å². The molecule has 2 N–H and O–H groups in total. The van der Waals surface area contributed by atoms with Gasteiger partial charge in [-0.25, -0.2) is 9.82 Å². The Balaban J connectivity index is 1.59. The summed E-state index contributed by atoms with van der Waals surface area (Å²) in [6.07, 6.45) is -0.394. The van der Waals surface area contributed by atoms with Crippen LogP contribution < -0.4 is 10.7 Å². The summed E-state index contributed by atoms with van der Waals surface area (Å²) in [5, 5.41) is 6.48. The van der Waals surface area contributed by atoms with Crippen LogP contribution in [0.15, 0.2) is 29.4 Å². The van der Waals surface area contributed by atoms with Crippen molar-refractivity contribution in [1.82, 2.24) is 15.6 Å². The molecule has 3 amide bonds. The second-order valence-electron chi connectivity index (χ2n) is 7.06. The Morgan fingerprint density at radius 1 is 1.33 bits per heavy atom. The van der Waals surface area contributed by atoms with Crippen LogP contribution in [-0.4, -0.2) is 53.6 Å². The van der Waals surface area contributed by atoms with E-state index in [4.69, 9.17) is 0 Å². The van der Waals surface area contributed by atoms with Crippen molar-refractivity contribution in [3.05, 3.63) is 35.4 Å². The summed E-state index contributed by atoms with van der Waals surface area (Å²) in [6.45, 7) is 2.25. The number of hydrazone groups is 1. The number of amides is 3. The molecule has 1 aromatic carbocycles. The maximum atomic E-state index is 14.2. The molecule has 8 heteroatoms. The third-order valence-corrected chi connectivity index (χ3v) is 4.69. The zero-order valence-electron chi connectivity index (χ0n) is 15.2. The highest BCUT2D eigenvalue weighted by Crippen LogP contribution is 2.16. The molecule has 0 radical (unpaired) electrons. The van der Waals surface area contributed by atoms with Crippen LogP contribution in [0.2, 0.25) is 0 Å². The molecule has 3 rings (SSSR count). The lowest BCUT2D eigenvalue weighted by Crippen LogP contribution is -2.55. The van der Waals surface area contributed by atoms with E-state index in [1.807, 2.05) is 31.2 Å². The molecule has 1 aromatic rings. The van der Waals surface area contributed by atoms with Crippen LogP contribution in [0, 0.1) is 6.92 Å². The highest BCUT2D eigenvalue weighted by Gasteiger charge is 2.32. The van der Waals surface area contributed by atoms with Crippen LogP contribution >= 0.6 is 0 Å². The topological polar surface area (TPSA) is 90.9 Å². The number of rotatable bonds is 4. The number of aryl methyl sites for hydroxylation is 1. The number of hydrogen-bond donors (Lipinski definition) is 2. The van der Waals surface area contributed by atoms with Gasteiger partial charge in [0.15, 0.2) is 0 Å². The number of hydrogen-bond acceptors (Lipinski definition) is 4. The molecule has 0 bridgehead atoms. The Labute approximate surface area is 157 Å². The van der Waals surface area contributed by atoms with Crippen molar-refractivity contribution < 1.29 is 18.8 Å². The second kappa shape index (κ2) is 8.28. The first-order valence-electron chi connectivity index (χ1n) is 9.04. The van der Waals surface area contributed by atoms with Gasteiger partial charge in [0.2, 0.25) is 11.8 Å². The number of piperidine rings is 1. The maximum Gasteiger partial charge on any atom is 0.267 e. The number of halogens is 1. The Morgan fingerprint density at radius 3 is 2.85 bits per heavy atom. The molecule has 1 fully saturated rings. The summed E-state index contributed by atoms with van der Waals surface area (Å²) in [5.74, 6) is -0.828. The SMILES string of the molecule is Cc1cccc(CC(=O)N2C[C@H](F)C[C@H](NC(=O)C3=NNC(=O)CC3)C2)c1. The van der Waals surface area contributed by atoms with E-state index in [0.29, 0.717) is 0 Å². The lowest BCUT2D eigenvalue weighted by Gasteiger charge is -2.35. The van der Waals surface area contributed by atoms with Crippen LogP contribution in [0.1, 0.15) is 30.4 Å². The predicted octanol–water partition coefficient (Wildman–Crippen LogP) is 0.859. The van der Waals surface area contributed by atoms with Gasteiger partial charge in [-0.2, -0.15) is 5.10 Å². The molecule has 2 aliphatic rings. The van der Waals surface area contributed by atoms with E-state index in [9.17, 15) is 18.8 Å². The fourth-order valence-corrected chi connectivity index (χ4v) is 3.36. The number of nitrogens with zero attached hydrogens (tertiary/aromatic N) is 2. The maximum absolute atomic E-state index is 14.2. The largest absolute Gasteiger partial charge is 0.346 e. The smallest absolute Gasteiger partial charge is 0.267 e. The highest BCUT2D eigenvalue weighted by molar-refractivity contribution is 6.39. The van der Waals surface area contributed by atoms with Crippen molar-refractivity contribution in [2.24, 2.45) is 5.10 Å². The third kappa shape index (κ3) is 5.12. The number of carbonyl (C=O) groups excluding carboxylic acids is 3. The molecule has 144 valence electrons. The van der Waals surface area contributed by atoms with Crippen molar-refractivity contribution >= 4 is 23.4 Å². The van der Waals surface area contributed by atoms with E-state index in [-0.39, 0.29) is 56.3 Å². The molecule has 27 heavy (non-hydrogen) atoms. The zero-order valence-corrected chi connectivity index (χ0v) is 15.2. The van der Waals surface area contributed by atoms with Crippen LogP contribution in [0.25, 0.3) is 0 Å². The average Bonchev–Trinajstić information content (AvgIpc) is 2.61. The minimum atomic E-state index is -1.20. The lowest BCUT2D eigenvalue weighted by atomic mass is 10.0. The number of likely N-dealkylation sites (tertiary alicyclic amines) is 1. The Hall–Kier alpha value is -2.77. The van der Waals surface area contributed by atoms with Crippen LogP contribution in [-0.2, 0) is 20.8 Å². The van der Waals surface area contributed by atoms with Gasteiger partial charge in [0, 0.05) is 31.8 Å². The minimum absolute atomic E-state index is 0.0357. The van der Waals surface area contributed by atoms with Gasteiger partial charge in [-0.3, -0.25) is 14.4 Å². The summed E-state index contributed by atoms with van der Waals surface area (Å²) in [5.41, 5.74) is 4.43. The van der Waals surface area contributed by atoms with E-state index in [1.165, 1.54) is 4.90 Å². The molecular weight excluding hydrogens is 351 g/mol. The zero-order chi connectivity index (χ0) is 19.4. The van der Waals surface area contributed by atoms with Crippen molar-refractivity contribution in [2.75, 3.05) is 13.1 Å². The van der Waals surface area contributed by atoms with Crippen LogP contribution in [0.4, 0.5) is 4.39 Å². The normalized spacial score (nSPS) is 22.7. The quantitative estimate of drug-likeness (QED) is 0.819. The Morgan fingerprint density at radius 2 is 2.15 bits per heavy atom. The van der Waals surface area contributed by atoms with Gasteiger partial charge in [-0.05, 0) is 12.5 Å². The van der Waals surface area contributed by atoms with Crippen molar-refractivity contribution in [2.45, 2.75) is 44.8 Å². The molecule has 0 unspecified atom stereocenters. The standard InChI is InChI=1S/C19H23FN4O3/c1-12-3-2-4-13(7-12)8-18(26)24-10-14(20)9-15(11-24)21-19(27)16-5-6-17(25)23-22-16/h2-4,7,14-15H,5-6,8-11H2,1H3,(H,21,27)(H,23,25)/t14-,15+/m1/s1. The minimum Gasteiger partial charge on any atom is -0.346 e. The average molecular weight is 374 g/mol. The summed E-state index contributed by atoms with van der Waals surface area (Å²) in [6, 6.07) is 7.16. The second-order valence-corrected chi connectivity index (χ2v) is 7.06. The summed E-state index contributed by atoms with van der Waals surface area (Å²) < 4.78 is 14.2. The van der Waals surface area contributed by atoms with E-state index in [0.717, 1.165) is 11.1 Å². The molecule has 1 saturated heterocycles. The van der Waals surface area contributed by atoms with Gasteiger partial charge < -0.3 is 10.2 Å². The number of alkyl halides is 1. The summed E-state index contributed by atoms with van der Waals surface area (Å²) in [4.78, 5) is 37.4. The molecule has 0 saturated carbocycles. The van der Waals surface area contributed by atoms with Gasteiger partial charge in [0.25, 0.3) is 5.91 Å². The molecule has 2 atom stereocenters. The highest BCUT2D eigenvalue weighted by atomic mass is 19.1. The van der Waals surface area contributed by atoms with Crippen molar-refractivity contribution in [3.8, 4) is 0 Å². The summed E-state index contributed by atoms with van der Waals surface area (Å²) >= 11 is 0. The van der Waals surface area contributed by atoms with Crippen LogP contribution in [0.3, 0.4) is 0 Å². The molecule has 2 heterocycles. The van der Waals surface area contributed by atoms with E-state index < -0.39 is 18.1 Å². The Bertz CT molecular complexity index is 780. The molecular formula is C19H23FN4O3. The molecule has 0 aliphatic carbocycles. The monoisotopic (exact) mass is 374 g/mol. The first-order valence-corrected chi connectivity index (χ1v) is 9.04. The predicted molar refractivity (Wildman–Crippen MR) is 97.7 cm³/mol.